The van der Waals surface area contributed by atoms with Crippen LogP contribution >= 0.6 is 11.8 Å². The summed E-state index contributed by atoms with van der Waals surface area (Å²) < 4.78 is 33.7. The Bertz CT molecular complexity index is 1670. The normalized spacial score (nSPS) is 15.1. The first kappa shape index (κ1) is 22.9. The molecule has 11 heteroatoms. The minimum Gasteiger partial charge on any atom is -0.354 e. The Morgan fingerprint density at radius 2 is 1.58 bits per heavy atom. The standard InChI is InChI=1S/C25H22N6O3S2/c1-17-5-2-9-22(27-17)30-13-15-31(16-14-30)36(32,33)21-11-10-20(24-25(21)29-34-28-24)35-19-8-3-6-18-7-4-12-26-23(18)19/h2-12H,13-16H2,1H3. The van der Waals surface area contributed by atoms with E-state index in [4.69, 9.17) is 4.63 Å². The lowest BCUT2D eigenvalue weighted by Gasteiger charge is -2.34. The highest BCUT2D eigenvalue weighted by molar-refractivity contribution is 7.99. The van der Waals surface area contributed by atoms with Crippen molar-refractivity contribution in [3.05, 3.63) is 72.6 Å². The molecule has 2 aromatic carbocycles. The zero-order chi connectivity index (χ0) is 24.7. The van der Waals surface area contributed by atoms with Gasteiger partial charge in [-0.2, -0.15) is 4.31 Å². The number of pyridine rings is 2. The highest BCUT2D eigenvalue weighted by Crippen LogP contribution is 2.38. The molecular formula is C25H22N6O3S2. The van der Waals surface area contributed by atoms with E-state index in [1.807, 2.05) is 55.5 Å². The van der Waals surface area contributed by atoms with E-state index < -0.39 is 10.0 Å². The second-order valence-electron chi connectivity index (χ2n) is 8.48. The number of hydrogen-bond acceptors (Lipinski definition) is 9. The van der Waals surface area contributed by atoms with Gasteiger partial charge in [0.1, 0.15) is 10.7 Å². The van der Waals surface area contributed by atoms with Gasteiger partial charge in [-0.3, -0.25) is 4.98 Å². The van der Waals surface area contributed by atoms with Crippen molar-refractivity contribution >= 4 is 49.5 Å². The van der Waals surface area contributed by atoms with Gasteiger partial charge in [-0.15, -0.1) is 0 Å². The van der Waals surface area contributed by atoms with E-state index in [1.165, 1.54) is 16.1 Å². The second kappa shape index (κ2) is 9.16. The van der Waals surface area contributed by atoms with E-state index in [0.29, 0.717) is 31.7 Å². The molecule has 0 spiro atoms. The lowest BCUT2D eigenvalue weighted by Crippen LogP contribution is -2.49. The predicted molar refractivity (Wildman–Crippen MR) is 138 cm³/mol. The number of para-hydroxylation sites is 1. The number of benzene rings is 2. The van der Waals surface area contributed by atoms with Crippen LogP contribution in [0, 0.1) is 6.92 Å². The Labute approximate surface area is 212 Å². The maximum atomic E-state index is 13.6. The average Bonchev–Trinajstić information content (AvgIpc) is 3.39. The monoisotopic (exact) mass is 518 g/mol. The van der Waals surface area contributed by atoms with Crippen molar-refractivity contribution in [1.29, 1.82) is 0 Å². The fourth-order valence-corrected chi connectivity index (χ4v) is 6.95. The van der Waals surface area contributed by atoms with Crippen LogP contribution in [-0.2, 0) is 10.0 Å². The van der Waals surface area contributed by atoms with Crippen molar-refractivity contribution in [2.24, 2.45) is 0 Å². The molecule has 1 aliphatic rings. The number of piperazine rings is 1. The van der Waals surface area contributed by atoms with Crippen molar-refractivity contribution in [3.8, 4) is 0 Å². The van der Waals surface area contributed by atoms with Gasteiger partial charge < -0.3 is 4.90 Å². The summed E-state index contributed by atoms with van der Waals surface area (Å²) in [5.74, 6) is 0.861. The maximum absolute atomic E-state index is 13.6. The van der Waals surface area contributed by atoms with Gasteiger partial charge in [-0.25, -0.2) is 18.0 Å². The average molecular weight is 519 g/mol. The van der Waals surface area contributed by atoms with Crippen LogP contribution in [0.3, 0.4) is 0 Å². The van der Waals surface area contributed by atoms with Crippen LogP contribution in [0.1, 0.15) is 5.69 Å². The summed E-state index contributed by atoms with van der Waals surface area (Å²) in [4.78, 5) is 13.0. The lowest BCUT2D eigenvalue weighted by atomic mass is 10.2. The van der Waals surface area contributed by atoms with Gasteiger partial charge in [0.15, 0.2) is 11.0 Å². The molecule has 0 atom stereocenters. The van der Waals surface area contributed by atoms with E-state index in [-0.39, 0.29) is 10.4 Å². The van der Waals surface area contributed by atoms with Gasteiger partial charge in [0.25, 0.3) is 0 Å². The maximum Gasteiger partial charge on any atom is 0.245 e. The van der Waals surface area contributed by atoms with Gasteiger partial charge in [0.05, 0.1) is 5.52 Å². The van der Waals surface area contributed by atoms with Crippen molar-refractivity contribution in [1.82, 2.24) is 24.6 Å². The first-order valence-corrected chi connectivity index (χ1v) is 13.7. The summed E-state index contributed by atoms with van der Waals surface area (Å²) in [6, 6.07) is 19.1. The number of nitrogens with zero attached hydrogens (tertiary/aromatic N) is 6. The third kappa shape index (κ3) is 4.08. The Morgan fingerprint density at radius 3 is 2.42 bits per heavy atom. The summed E-state index contributed by atoms with van der Waals surface area (Å²) in [5, 5.41) is 9.05. The van der Waals surface area contributed by atoms with Gasteiger partial charge in [0.2, 0.25) is 10.0 Å². The van der Waals surface area contributed by atoms with E-state index in [0.717, 1.165) is 32.2 Å². The van der Waals surface area contributed by atoms with Crippen molar-refractivity contribution in [2.75, 3.05) is 31.1 Å². The predicted octanol–water partition coefficient (Wildman–Crippen LogP) is 4.14. The Balaban J connectivity index is 1.28. The molecule has 36 heavy (non-hydrogen) atoms. The molecule has 0 bridgehead atoms. The number of aromatic nitrogens is 4. The molecule has 4 heterocycles. The summed E-state index contributed by atoms with van der Waals surface area (Å²) in [6.07, 6.45) is 1.75. The number of hydrogen-bond donors (Lipinski definition) is 0. The van der Waals surface area contributed by atoms with Crippen LogP contribution in [0.5, 0.6) is 0 Å². The van der Waals surface area contributed by atoms with Crippen LogP contribution < -0.4 is 4.90 Å². The highest BCUT2D eigenvalue weighted by Gasteiger charge is 2.32. The fraction of sp³-hybridized carbons (Fsp3) is 0.200. The molecule has 9 nitrogen and oxygen atoms in total. The SMILES string of the molecule is Cc1cccc(N2CCN(S(=O)(=O)c3ccc(Sc4cccc5cccnc45)c4nonc34)CC2)n1. The number of rotatable bonds is 5. The molecule has 182 valence electrons. The lowest BCUT2D eigenvalue weighted by molar-refractivity contribution is 0.314. The Morgan fingerprint density at radius 1 is 0.833 bits per heavy atom. The molecule has 5 aromatic rings. The molecule has 6 rings (SSSR count). The fourth-order valence-electron chi connectivity index (χ4n) is 4.39. The minimum atomic E-state index is -3.79. The van der Waals surface area contributed by atoms with E-state index in [9.17, 15) is 8.42 Å². The molecule has 0 amide bonds. The number of fused-ring (bicyclic) bond motifs is 2. The molecule has 0 radical (unpaired) electrons. The van der Waals surface area contributed by atoms with Gasteiger partial charge in [-0.05, 0) is 53.6 Å². The summed E-state index contributed by atoms with van der Waals surface area (Å²) in [6.45, 7) is 3.75. The smallest absolute Gasteiger partial charge is 0.245 e. The van der Waals surface area contributed by atoms with Crippen LogP contribution in [0.15, 0.2) is 86.2 Å². The van der Waals surface area contributed by atoms with Gasteiger partial charge in [-0.1, -0.05) is 36.0 Å². The molecule has 1 fully saturated rings. The van der Waals surface area contributed by atoms with Crippen LogP contribution in [0.2, 0.25) is 0 Å². The van der Waals surface area contributed by atoms with E-state index in [1.54, 1.807) is 18.3 Å². The van der Waals surface area contributed by atoms with Crippen molar-refractivity contribution in [3.63, 3.8) is 0 Å². The first-order chi connectivity index (χ1) is 17.5. The molecule has 3 aromatic heterocycles. The van der Waals surface area contributed by atoms with Gasteiger partial charge >= 0.3 is 0 Å². The van der Waals surface area contributed by atoms with Gasteiger partial charge in [0, 0.05) is 53.2 Å². The zero-order valence-corrected chi connectivity index (χ0v) is 21.0. The molecular weight excluding hydrogens is 496 g/mol. The second-order valence-corrected chi connectivity index (χ2v) is 11.5. The largest absolute Gasteiger partial charge is 0.354 e. The Hall–Kier alpha value is -3.54. The summed E-state index contributed by atoms with van der Waals surface area (Å²) in [5.41, 5.74) is 2.44. The van der Waals surface area contributed by atoms with E-state index in [2.05, 4.69) is 25.2 Å². The number of sulfonamides is 1. The molecule has 0 unspecified atom stereocenters. The number of aryl methyl sites for hydroxylation is 1. The van der Waals surface area contributed by atoms with Crippen LogP contribution in [-0.4, -0.2) is 59.2 Å². The molecule has 1 saturated heterocycles. The summed E-state index contributed by atoms with van der Waals surface area (Å²) >= 11 is 1.46. The molecule has 0 saturated carbocycles. The van der Waals surface area contributed by atoms with Crippen molar-refractivity contribution in [2.45, 2.75) is 21.6 Å². The molecule has 1 aliphatic heterocycles. The van der Waals surface area contributed by atoms with E-state index >= 15 is 0 Å². The van der Waals surface area contributed by atoms with Crippen LogP contribution in [0.25, 0.3) is 21.9 Å². The third-order valence-corrected chi connectivity index (χ3v) is 9.24. The van der Waals surface area contributed by atoms with Crippen molar-refractivity contribution < 1.29 is 13.0 Å². The number of anilines is 1. The topological polar surface area (TPSA) is 105 Å². The van der Waals surface area contributed by atoms with Crippen LogP contribution in [0.4, 0.5) is 5.82 Å². The zero-order valence-electron chi connectivity index (χ0n) is 19.4. The quantitative estimate of drug-likeness (QED) is 0.339. The molecule has 0 aliphatic carbocycles. The summed E-state index contributed by atoms with van der Waals surface area (Å²) in [7, 11) is -3.79. The highest BCUT2D eigenvalue weighted by atomic mass is 32.2. The minimum absolute atomic E-state index is 0.0984. The Kier molecular flexibility index (Phi) is 5.82. The first-order valence-electron chi connectivity index (χ1n) is 11.5. The molecule has 0 N–H and O–H groups in total. The third-order valence-electron chi connectivity index (χ3n) is 6.21.